The van der Waals surface area contributed by atoms with Crippen molar-refractivity contribution < 1.29 is 14.3 Å². The fourth-order valence-electron chi connectivity index (χ4n) is 2.05. The van der Waals surface area contributed by atoms with Gasteiger partial charge in [-0.2, -0.15) is 4.98 Å². The topological polar surface area (TPSA) is 139 Å². The number of aromatic nitrogens is 2. The van der Waals surface area contributed by atoms with Gasteiger partial charge < -0.3 is 20.8 Å². The molecule has 0 spiro atoms. The molecule has 0 saturated heterocycles. The Balaban J connectivity index is 2.75. The van der Waals surface area contributed by atoms with Crippen molar-refractivity contribution in [3.8, 4) is 0 Å². The summed E-state index contributed by atoms with van der Waals surface area (Å²) >= 11 is 0. The van der Waals surface area contributed by atoms with Gasteiger partial charge >= 0.3 is 12.0 Å². The first-order chi connectivity index (χ1) is 11.6. The van der Waals surface area contributed by atoms with Crippen LogP contribution in [0.5, 0.6) is 0 Å². The third kappa shape index (κ3) is 8.30. The van der Waals surface area contributed by atoms with Crippen molar-refractivity contribution in [2.45, 2.75) is 58.6 Å². The van der Waals surface area contributed by atoms with Crippen molar-refractivity contribution in [3.63, 3.8) is 0 Å². The number of nitrogens with zero attached hydrogens (tertiary/aromatic N) is 1. The van der Waals surface area contributed by atoms with E-state index >= 15 is 0 Å². The van der Waals surface area contributed by atoms with Crippen LogP contribution in [-0.4, -0.2) is 40.2 Å². The molecule has 0 radical (unpaired) electrons. The fraction of sp³-hybridized carbons (Fsp3) is 0.625. The number of ether oxygens (including phenoxy) is 1. The van der Waals surface area contributed by atoms with Gasteiger partial charge in [0.25, 0.3) is 5.56 Å². The maximum Gasteiger partial charge on any atom is 0.329 e. The highest BCUT2D eigenvalue weighted by Gasteiger charge is 2.26. The number of urea groups is 1. The van der Waals surface area contributed by atoms with E-state index in [0.29, 0.717) is 25.1 Å². The first kappa shape index (κ1) is 20.6. The standard InChI is InChI=1S/C16H27N5O4/c1-10-9-12(22)20-14(18-10)21-15(24)19-11(7-5-6-8-17)13(23)25-16(2,3)4/h9,11H,5-8,17H2,1-4H3,(H3,18,19,20,21,22,24)/t11-/m0/s1. The molecule has 0 aromatic carbocycles. The first-order valence-electron chi connectivity index (χ1n) is 8.19. The summed E-state index contributed by atoms with van der Waals surface area (Å²) in [5.41, 5.74) is 4.89. The minimum absolute atomic E-state index is 0.00685. The van der Waals surface area contributed by atoms with Gasteiger partial charge in [-0.3, -0.25) is 10.1 Å². The zero-order valence-corrected chi connectivity index (χ0v) is 15.1. The second-order valence-electron chi connectivity index (χ2n) is 6.72. The SMILES string of the molecule is Cc1cc(=O)nc(NC(=O)N[C@@H](CCCCN)C(=O)OC(C)(C)C)[nH]1. The molecule has 2 amide bonds. The van der Waals surface area contributed by atoms with Gasteiger partial charge in [-0.05, 0) is 53.5 Å². The maximum atomic E-state index is 12.3. The average Bonchev–Trinajstić information content (AvgIpc) is 2.43. The minimum Gasteiger partial charge on any atom is -0.458 e. The summed E-state index contributed by atoms with van der Waals surface area (Å²) in [4.78, 5) is 42.2. The number of amides is 2. The van der Waals surface area contributed by atoms with Gasteiger partial charge in [-0.25, -0.2) is 9.59 Å². The number of unbranched alkanes of at least 4 members (excludes halogenated alkanes) is 1. The summed E-state index contributed by atoms with van der Waals surface area (Å²) in [5.74, 6) is -0.516. The third-order valence-electron chi connectivity index (χ3n) is 3.05. The normalized spacial score (nSPS) is 12.4. The van der Waals surface area contributed by atoms with Crippen molar-refractivity contribution in [3.05, 3.63) is 22.1 Å². The van der Waals surface area contributed by atoms with Crippen molar-refractivity contribution in [1.29, 1.82) is 0 Å². The molecular formula is C16H27N5O4. The maximum absolute atomic E-state index is 12.3. The highest BCUT2D eigenvalue weighted by atomic mass is 16.6. The Morgan fingerprint density at radius 2 is 2.04 bits per heavy atom. The molecule has 1 rings (SSSR count). The number of hydrogen-bond donors (Lipinski definition) is 4. The lowest BCUT2D eigenvalue weighted by atomic mass is 10.1. The van der Waals surface area contributed by atoms with Gasteiger partial charge in [0.1, 0.15) is 11.6 Å². The number of carbonyl (C=O) groups excluding carboxylic acids is 2. The zero-order chi connectivity index (χ0) is 19.0. The monoisotopic (exact) mass is 353 g/mol. The van der Waals surface area contributed by atoms with Crippen LogP contribution in [-0.2, 0) is 9.53 Å². The molecule has 140 valence electrons. The highest BCUT2D eigenvalue weighted by Crippen LogP contribution is 2.11. The number of H-pyrrole nitrogens is 1. The molecule has 1 heterocycles. The van der Waals surface area contributed by atoms with E-state index in [1.807, 2.05) is 0 Å². The summed E-state index contributed by atoms with van der Waals surface area (Å²) in [6.07, 6.45) is 1.80. The van der Waals surface area contributed by atoms with Crippen LogP contribution < -0.4 is 21.9 Å². The zero-order valence-electron chi connectivity index (χ0n) is 15.1. The van der Waals surface area contributed by atoms with Crippen LogP contribution in [0.15, 0.2) is 10.9 Å². The van der Waals surface area contributed by atoms with E-state index in [-0.39, 0.29) is 5.95 Å². The van der Waals surface area contributed by atoms with E-state index in [9.17, 15) is 14.4 Å². The molecule has 0 fully saturated rings. The molecule has 1 aromatic rings. The van der Waals surface area contributed by atoms with Crippen LogP contribution in [0, 0.1) is 6.92 Å². The summed E-state index contributed by atoms with van der Waals surface area (Å²) in [6.45, 7) is 7.43. The second-order valence-corrected chi connectivity index (χ2v) is 6.72. The van der Waals surface area contributed by atoms with Gasteiger partial charge in [-0.15, -0.1) is 0 Å². The van der Waals surface area contributed by atoms with Gasteiger partial charge in [0, 0.05) is 11.8 Å². The van der Waals surface area contributed by atoms with Crippen molar-refractivity contribution in [2.75, 3.05) is 11.9 Å². The van der Waals surface area contributed by atoms with Crippen LogP contribution in [0.1, 0.15) is 45.7 Å². The van der Waals surface area contributed by atoms with Crippen LogP contribution in [0.4, 0.5) is 10.7 Å². The molecule has 0 aliphatic rings. The molecule has 0 saturated carbocycles. The number of hydrogen-bond acceptors (Lipinski definition) is 6. The molecule has 1 aromatic heterocycles. The highest BCUT2D eigenvalue weighted by molar-refractivity contribution is 5.91. The lowest BCUT2D eigenvalue weighted by Crippen LogP contribution is -2.46. The Hall–Kier alpha value is -2.42. The number of rotatable bonds is 7. The van der Waals surface area contributed by atoms with E-state index in [1.165, 1.54) is 6.07 Å². The summed E-state index contributed by atoms with van der Waals surface area (Å²) in [7, 11) is 0. The first-order valence-corrected chi connectivity index (χ1v) is 8.19. The summed E-state index contributed by atoms with van der Waals surface area (Å²) in [6, 6.07) is -0.168. The van der Waals surface area contributed by atoms with Crippen LogP contribution >= 0.6 is 0 Å². The lowest BCUT2D eigenvalue weighted by molar-refractivity contribution is -0.157. The molecule has 9 nitrogen and oxygen atoms in total. The number of anilines is 1. The number of carbonyl (C=O) groups is 2. The molecule has 0 bridgehead atoms. The lowest BCUT2D eigenvalue weighted by Gasteiger charge is -2.24. The van der Waals surface area contributed by atoms with Gasteiger partial charge in [0.05, 0.1) is 0 Å². The van der Waals surface area contributed by atoms with Crippen molar-refractivity contribution in [1.82, 2.24) is 15.3 Å². The van der Waals surface area contributed by atoms with Gasteiger partial charge in [-0.1, -0.05) is 0 Å². The third-order valence-corrected chi connectivity index (χ3v) is 3.05. The van der Waals surface area contributed by atoms with Crippen LogP contribution in [0.2, 0.25) is 0 Å². The predicted molar refractivity (Wildman–Crippen MR) is 94.3 cm³/mol. The van der Waals surface area contributed by atoms with E-state index in [0.717, 1.165) is 6.42 Å². The Labute approximate surface area is 146 Å². The molecule has 25 heavy (non-hydrogen) atoms. The molecule has 0 aliphatic carbocycles. The second kappa shape index (κ2) is 9.16. The summed E-state index contributed by atoms with van der Waals surface area (Å²) < 4.78 is 5.33. The molecule has 1 atom stereocenters. The minimum atomic E-state index is -0.817. The Kier molecular flexibility index (Phi) is 7.56. The number of nitrogens with one attached hydrogen (secondary N) is 3. The molecular weight excluding hydrogens is 326 g/mol. The Bertz CT molecular complexity index is 651. The average molecular weight is 353 g/mol. The van der Waals surface area contributed by atoms with Crippen LogP contribution in [0.25, 0.3) is 0 Å². The number of esters is 1. The Morgan fingerprint density at radius 1 is 1.36 bits per heavy atom. The fourth-order valence-corrected chi connectivity index (χ4v) is 2.05. The van der Waals surface area contributed by atoms with Crippen molar-refractivity contribution >= 4 is 17.9 Å². The van der Waals surface area contributed by atoms with E-state index < -0.39 is 29.2 Å². The van der Waals surface area contributed by atoms with Crippen LogP contribution in [0.3, 0.4) is 0 Å². The number of nitrogens with two attached hydrogens (primary N) is 1. The predicted octanol–water partition coefficient (Wildman–Crippen LogP) is 1.04. The quantitative estimate of drug-likeness (QED) is 0.426. The molecule has 0 aliphatic heterocycles. The number of aromatic amines is 1. The van der Waals surface area contributed by atoms with Gasteiger partial charge in [0.2, 0.25) is 5.95 Å². The smallest absolute Gasteiger partial charge is 0.329 e. The van der Waals surface area contributed by atoms with E-state index in [2.05, 4.69) is 20.6 Å². The van der Waals surface area contributed by atoms with E-state index in [4.69, 9.17) is 10.5 Å². The molecule has 0 unspecified atom stereocenters. The largest absolute Gasteiger partial charge is 0.458 e. The number of aryl methyl sites for hydroxylation is 1. The van der Waals surface area contributed by atoms with Gasteiger partial charge in [0.15, 0.2) is 0 Å². The summed E-state index contributed by atoms with van der Waals surface area (Å²) in [5, 5.41) is 4.97. The van der Waals surface area contributed by atoms with Crippen molar-refractivity contribution in [2.24, 2.45) is 5.73 Å². The molecule has 9 heteroatoms. The Morgan fingerprint density at radius 3 is 2.60 bits per heavy atom. The van der Waals surface area contributed by atoms with E-state index in [1.54, 1.807) is 27.7 Å². The molecule has 5 N–H and O–H groups in total.